The quantitative estimate of drug-likeness (QED) is 0.800. The number of amides is 1. The number of nitrogens with one attached hydrogen (secondary N) is 1. The van der Waals surface area contributed by atoms with E-state index in [1.54, 1.807) is 26.2 Å². The van der Waals surface area contributed by atoms with Crippen LogP contribution in [0, 0.1) is 6.92 Å². The molecule has 1 heterocycles. The number of hydrogen-bond donors (Lipinski definition) is 2. The first-order valence-corrected chi connectivity index (χ1v) is 7.59. The number of carboxylic acids is 1. The van der Waals surface area contributed by atoms with Gasteiger partial charge >= 0.3 is 5.97 Å². The number of benzene rings is 1. The Balaban J connectivity index is 2.32. The molecule has 1 aromatic carbocycles. The fourth-order valence-corrected chi connectivity index (χ4v) is 2.70. The molecule has 0 spiro atoms. The van der Waals surface area contributed by atoms with Crippen molar-refractivity contribution >= 4 is 33.5 Å². The first-order chi connectivity index (χ1) is 10.9. The van der Waals surface area contributed by atoms with E-state index in [0.29, 0.717) is 17.9 Å². The molecule has 2 aromatic rings. The maximum atomic E-state index is 12.5. The predicted octanol–water partition coefficient (Wildman–Crippen LogP) is 3.38. The molecule has 1 aromatic heterocycles. The van der Waals surface area contributed by atoms with E-state index in [9.17, 15) is 9.59 Å². The van der Waals surface area contributed by atoms with Gasteiger partial charge in [0.05, 0.1) is 18.4 Å². The third kappa shape index (κ3) is 4.00. The zero-order valence-electron chi connectivity index (χ0n) is 12.7. The summed E-state index contributed by atoms with van der Waals surface area (Å²) in [5.74, 6) is -1.34. The second-order valence-electron chi connectivity index (χ2n) is 4.94. The van der Waals surface area contributed by atoms with Crippen LogP contribution >= 0.6 is 15.9 Å². The summed E-state index contributed by atoms with van der Waals surface area (Å²) in [5.41, 5.74) is 2.22. The Labute approximate surface area is 141 Å². The largest absolute Gasteiger partial charge is 0.481 e. The van der Waals surface area contributed by atoms with Crippen LogP contribution in [0.1, 0.15) is 27.2 Å². The SMILES string of the molecule is COCc1c(Br)cccc1NC(=O)c1c(C)coc1CC(=O)O. The Morgan fingerprint density at radius 2 is 2.13 bits per heavy atom. The van der Waals surface area contributed by atoms with E-state index < -0.39 is 11.9 Å². The van der Waals surface area contributed by atoms with Crippen LogP contribution in [0.3, 0.4) is 0 Å². The molecule has 23 heavy (non-hydrogen) atoms. The van der Waals surface area contributed by atoms with Gasteiger partial charge in [0.2, 0.25) is 0 Å². The molecular formula is C16H16BrNO5. The van der Waals surface area contributed by atoms with Gasteiger partial charge in [0.1, 0.15) is 12.2 Å². The average Bonchev–Trinajstić information content (AvgIpc) is 2.82. The van der Waals surface area contributed by atoms with E-state index in [4.69, 9.17) is 14.3 Å². The lowest BCUT2D eigenvalue weighted by atomic mass is 10.1. The molecule has 0 unspecified atom stereocenters. The first kappa shape index (κ1) is 17.2. The predicted molar refractivity (Wildman–Crippen MR) is 87.6 cm³/mol. The van der Waals surface area contributed by atoms with Gasteiger partial charge in [-0.25, -0.2) is 0 Å². The molecule has 122 valence electrons. The summed E-state index contributed by atoms with van der Waals surface area (Å²) < 4.78 is 11.1. The number of aliphatic carboxylic acids is 1. The molecule has 0 bridgehead atoms. The highest BCUT2D eigenvalue weighted by Gasteiger charge is 2.21. The minimum absolute atomic E-state index is 0.135. The third-order valence-corrected chi connectivity index (χ3v) is 3.99. The minimum atomic E-state index is -1.06. The van der Waals surface area contributed by atoms with Crippen LogP contribution in [-0.2, 0) is 22.6 Å². The lowest BCUT2D eigenvalue weighted by Gasteiger charge is -2.12. The number of carbonyl (C=O) groups excluding carboxylic acids is 1. The molecule has 0 saturated carbocycles. The molecule has 0 aliphatic heterocycles. The van der Waals surface area contributed by atoms with Crippen molar-refractivity contribution in [2.75, 3.05) is 12.4 Å². The highest BCUT2D eigenvalue weighted by Crippen LogP contribution is 2.27. The molecule has 1 amide bonds. The second-order valence-corrected chi connectivity index (χ2v) is 5.79. The summed E-state index contributed by atoms with van der Waals surface area (Å²) >= 11 is 3.42. The topological polar surface area (TPSA) is 88.8 Å². The number of rotatable bonds is 6. The van der Waals surface area contributed by atoms with Crippen LogP contribution < -0.4 is 5.32 Å². The maximum Gasteiger partial charge on any atom is 0.311 e. The number of ether oxygens (including phenoxy) is 1. The Bertz CT molecular complexity index is 738. The molecule has 0 aliphatic rings. The van der Waals surface area contributed by atoms with Gasteiger partial charge in [0.15, 0.2) is 0 Å². The Hall–Kier alpha value is -2.12. The molecule has 0 atom stereocenters. The van der Waals surface area contributed by atoms with Gasteiger partial charge in [0, 0.05) is 28.4 Å². The van der Waals surface area contributed by atoms with E-state index in [0.717, 1.165) is 10.0 Å². The summed E-state index contributed by atoms with van der Waals surface area (Å²) in [4.78, 5) is 23.4. The van der Waals surface area contributed by atoms with Crippen molar-refractivity contribution in [2.24, 2.45) is 0 Å². The van der Waals surface area contributed by atoms with Crippen molar-refractivity contribution in [2.45, 2.75) is 20.0 Å². The molecule has 0 radical (unpaired) electrons. The molecular weight excluding hydrogens is 366 g/mol. The number of carbonyl (C=O) groups is 2. The van der Waals surface area contributed by atoms with Crippen LogP contribution in [-0.4, -0.2) is 24.1 Å². The van der Waals surface area contributed by atoms with E-state index in [1.165, 1.54) is 6.26 Å². The molecule has 6 nitrogen and oxygen atoms in total. The van der Waals surface area contributed by atoms with Gasteiger partial charge in [0.25, 0.3) is 5.91 Å². The summed E-state index contributed by atoms with van der Waals surface area (Å²) in [6.07, 6.45) is 1.03. The van der Waals surface area contributed by atoms with Crippen molar-refractivity contribution < 1.29 is 23.8 Å². The summed E-state index contributed by atoms with van der Waals surface area (Å²) in [6, 6.07) is 5.39. The molecule has 2 rings (SSSR count). The second kappa shape index (κ2) is 7.43. The van der Waals surface area contributed by atoms with Crippen molar-refractivity contribution in [3.05, 3.63) is 51.4 Å². The molecule has 0 saturated heterocycles. The van der Waals surface area contributed by atoms with E-state index in [1.807, 2.05) is 6.07 Å². The highest BCUT2D eigenvalue weighted by atomic mass is 79.9. The first-order valence-electron chi connectivity index (χ1n) is 6.80. The fraction of sp³-hybridized carbons (Fsp3) is 0.250. The average molecular weight is 382 g/mol. The Morgan fingerprint density at radius 1 is 1.39 bits per heavy atom. The number of methoxy groups -OCH3 is 1. The number of anilines is 1. The standard InChI is InChI=1S/C16H16BrNO5/c1-9-7-23-13(6-14(19)20)15(9)16(21)18-12-5-3-4-11(17)10(12)8-22-2/h3-5,7H,6,8H2,1-2H3,(H,18,21)(H,19,20). The van der Waals surface area contributed by atoms with Crippen molar-refractivity contribution in [3.63, 3.8) is 0 Å². The maximum absolute atomic E-state index is 12.5. The summed E-state index contributed by atoms with van der Waals surface area (Å²) in [5, 5.41) is 11.7. The molecule has 2 N–H and O–H groups in total. The van der Waals surface area contributed by atoms with Gasteiger partial charge in [-0.2, -0.15) is 0 Å². The zero-order chi connectivity index (χ0) is 17.0. The molecule has 0 fully saturated rings. The van der Waals surface area contributed by atoms with Crippen LogP contribution in [0.2, 0.25) is 0 Å². The van der Waals surface area contributed by atoms with E-state index >= 15 is 0 Å². The number of aryl methyl sites for hydroxylation is 1. The van der Waals surface area contributed by atoms with E-state index in [2.05, 4.69) is 21.2 Å². The third-order valence-electron chi connectivity index (χ3n) is 3.25. The number of halogens is 1. The van der Waals surface area contributed by atoms with Crippen LogP contribution in [0.15, 0.2) is 33.4 Å². The Morgan fingerprint density at radius 3 is 2.78 bits per heavy atom. The number of hydrogen-bond acceptors (Lipinski definition) is 4. The Kier molecular flexibility index (Phi) is 5.57. The summed E-state index contributed by atoms with van der Waals surface area (Å²) in [7, 11) is 1.57. The fourth-order valence-electron chi connectivity index (χ4n) is 2.22. The van der Waals surface area contributed by atoms with Crippen molar-refractivity contribution in [1.29, 1.82) is 0 Å². The minimum Gasteiger partial charge on any atom is -0.481 e. The van der Waals surface area contributed by atoms with Gasteiger partial charge in [-0.05, 0) is 19.1 Å². The zero-order valence-corrected chi connectivity index (χ0v) is 14.3. The lowest BCUT2D eigenvalue weighted by molar-refractivity contribution is -0.136. The lowest BCUT2D eigenvalue weighted by Crippen LogP contribution is -2.16. The number of carboxylic acid groups (broad SMARTS) is 1. The number of furan rings is 1. The smallest absolute Gasteiger partial charge is 0.311 e. The summed E-state index contributed by atoms with van der Waals surface area (Å²) in [6.45, 7) is 2.02. The highest BCUT2D eigenvalue weighted by molar-refractivity contribution is 9.10. The van der Waals surface area contributed by atoms with E-state index in [-0.39, 0.29) is 17.7 Å². The normalized spacial score (nSPS) is 10.6. The monoisotopic (exact) mass is 381 g/mol. The molecule has 7 heteroatoms. The van der Waals surface area contributed by atoms with Gasteiger partial charge in [-0.3, -0.25) is 9.59 Å². The van der Waals surface area contributed by atoms with Crippen LogP contribution in [0.4, 0.5) is 5.69 Å². The van der Waals surface area contributed by atoms with Crippen molar-refractivity contribution in [1.82, 2.24) is 0 Å². The van der Waals surface area contributed by atoms with Gasteiger partial charge in [-0.1, -0.05) is 22.0 Å². The van der Waals surface area contributed by atoms with Gasteiger partial charge in [-0.15, -0.1) is 0 Å². The van der Waals surface area contributed by atoms with Crippen LogP contribution in [0.5, 0.6) is 0 Å². The molecule has 0 aliphatic carbocycles. The van der Waals surface area contributed by atoms with Gasteiger partial charge < -0.3 is 19.6 Å². The van der Waals surface area contributed by atoms with Crippen LogP contribution in [0.25, 0.3) is 0 Å². The van der Waals surface area contributed by atoms with Crippen molar-refractivity contribution in [3.8, 4) is 0 Å².